The molecule has 0 radical (unpaired) electrons. The number of phosphoric ester groups is 1. The highest BCUT2D eigenvalue weighted by Gasteiger charge is 2.26. The van der Waals surface area contributed by atoms with Crippen LogP contribution >= 0.6 is 7.82 Å². The fourth-order valence-electron chi connectivity index (χ4n) is 5.58. The molecule has 0 aliphatic carbocycles. The van der Waals surface area contributed by atoms with E-state index in [1.807, 2.05) is 0 Å². The normalized spacial score (nSPS) is 14.1. The van der Waals surface area contributed by atoms with Crippen molar-refractivity contribution >= 4 is 19.8 Å². The van der Waals surface area contributed by atoms with E-state index in [1.54, 1.807) is 0 Å². The van der Waals surface area contributed by atoms with Crippen molar-refractivity contribution in [2.45, 2.75) is 174 Å². The molecule has 0 saturated heterocycles. The zero-order chi connectivity index (χ0) is 41.8. The van der Waals surface area contributed by atoms with Crippen molar-refractivity contribution in [3.63, 3.8) is 0 Å². The fourth-order valence-corrected chi connectivity index (χ4v) is 6.35. The van der Waals surface area contributed by atoms with Crippen molar-refractivity contribution in [3.8, 4) is 0 Å². The molecule has 0 amide bonds. The fraction of sp³-hybridized carbons (Fsp3) is 0.660. The van der Waals surface area contributed by atoms with Crippen molar-refractivity contribution in [3.05, 3.63) is 85.1 Å². The minimum Gasteiger partial charge on any atom is -0.462 e. The molecule has 9 nitrogen and oxygen atoms in total. The van der Waals surface area contributed by atoms with Gasteiger partial charge in [0.1, 0.15) is 6.61 Å². The van der Waals surface area contributed by atoms with Gasteiger partial charge in [0.05, 0.1) is 13.2 Å². The molecule has 0 heterocycles. The number of nitrogens with two attached hydrogens (primary N) is 1. The number of rotatable bonds is 40. The Morgan fingerprint density at radius 1 is 0.526 bits per heavy atom. The van der Waals surface area contributed by atoms with Crippen LogP contribution in [-0.2, 0) is 32.7 Å². The molecule has 0 aliphatic heterocycles. The molecule has 10 heteroatoms. The van der Waals surface area contributed by atoms with Crippen LogP contribution in [0.15, 0.2) is 85.1 Å². The summed E-state index contributed by atoms with van der Waals surface area (Å²) in [6, 6.07) is 0. The Hall–Kier alpha value is -2.81. The number of ether oxygens (including phenoxy) is 2. The van der Waals surface area contributed by atoms with Gasteiger partial charge in [-0.2, -0.15) is 0 Å². The Bertz CT molecular complexity index is 1210. The molecule has 0 aromatic rings. The first kappa shape index (κ1) is 54.2. The molecular weight excluding hydrogens is 737 g/mol. The Morgan fingerprint density at radius 3 is 1.37 bits per heavy atom. The van der Waals surface area contributed by atoms with Gasteiger partial charge in [-0.25, -0.2) is 4.57 Å². The molecule has 0 fully saturated rings. The third-order valence-corrected chi connectivity index (χ3v) is 9.76. The molecule has 326 valence electrons. The molecule has 2 unspecified atom stereocenters. The summed E-state index contributed by atoms with van der Waals surface area (Å²) in [5.41, 5.74) is 5.34. The number of allylic oxidation sites excluding steroid dienone is 14. The minimum atomic E-state index is -4.39. The molecule has 0 spiro atoms. The summed E-state index contributed by atoms with van der Waals surface area (Å²) >= 11 is 0. The highest BCUT2D eigenvalue weighted by Crippen LogP contribution is 2.43. The molecule has 0 bridgehead atoms. The highest BCUT2D eigenvalue weighted by molar-refractivity contribution is 7.47. The summed E-state index contributed by atoms with van der Waals surface area (Å²) in [5, 5.41) is 0. The Morgan fingerprint density at radius 2 is 0.912 bits per heavy atom. The predicted octanol–water partition coefficient (Wildman–Crippen LogP) is 12.8. The van der Waals surface area contributed by atoms with Gasteiger partial charge < -0.3 is 20.1 Å². The van der Waals surface area contributed by atoms with Crippen LogP contribution in [0.4, 0.5) is 0 Å². The summed E-state index contributed by atoms with van der Waals surface area (Å²) in [7, 11) is -4.39. The maximum Gasteiger partial charge on any atom is 0.472 e. The van der Waals surface area contributed by atoms with Crippen molar-refractivity contribution in [2.75, 3.05) is 26.4 Å². The Labute approximate surface area is 347 Å². The van der Waals surface area contributed by atoms with Crippen LogP contribution in [0, 0.1) is 0 Å². The third-order valence-electron chi connectivity index (χ3n) is 8.78. The molecule has 0 aromatic carbocycles. The molecule has 0 rings (SSSR count). The van der Waals surface area contributed by atoms with Crippen LogP contribution in [-0.4, -0.2) is 49.3 Å². The third kappa shape index (κ3) is 42.6. The number of carbonyl (C=O) groups is 2. The maximum absolute atomic E-state index is 12.6. The summed E-state index contributed by atoms with van der Waals surface area (Å²) < 4.78 is 32.7. The zero-order valence-corrected chi connectivity index (χ0v) is 36.7. The SMILES string of the molecule is CC/C=C\C/C=C\C/C=C\C/C=C\CCCCCCCCCCCCC(=O)OC(COC(=O)CCCCC/C=C\C/C=C\C/C=C\CC)COP(=O)(O)OCCN. The standard InChI is InChI=1S/C47H80NO8P/c1-3-5-7-9-11-13-15-17-18-19-20-21-22-23-24-25-26-28-30-32-34-36-38-40-47(50)56-45(44-55-57(51,52)54-42-41-48)43-53-46(49)39-37-35-33-31-29-27-16-14-12-10-8-6-4-2/h5-8,11-14,17-18,20-21,27,29,45H,3-4,9-10,15-16,19,22-26,28,30-44,48H2,1-2H3,(H,51,52)/b7-5-,8-6-,13-11-,14-12-,18-17-,21-20-,29-27-. The number of hydrogen-bond donors (Lipinski definition) is 2. The molecular formula is C47H80NO8P. The molecule has 0 saturated carbocycles. The van der Waals surface area contributed by atoms with Gasteiger partial charge in [0.25, 0.3) is 0 Å². The van der Waals surface area contributed by atoms with E-state index < -0.39 is 32.5 Å². The summed E-state index contributed by atoms with van der Waals surface area (Å²) in [6.45, 7) is 3.45. The van der Waals surface area contributed by atoms with E-state index in [4.69, 9.17) is 24.3 Å². The van der Waals surface area contributed by atoms with Crippen LogP contribution in [0.5, 0.6) is 0 Å². The summed E-state index contributed by atoms with van der Waals surface area (Å²) in [6.07, 6.45) is 53.3. The van der Waals surface area contributed by atoms with Crippen molar-refractivity contribution in [1.82, 2.24) is 0 Å². The van der Waals surface area contributed by atoms with Crippen molar-refractivity contribution in [2.24, 2.45) is 5.73 Å². The second kappa shape index (κ2) is 42.8. The second-order valence-electron chi connectivity index (χ2n) is 14.1. The van der Waals surface area contributed by atoms with Crippen LogP contribution in [0.2, 0.25) is 0 Å². The van der Waals surface area contributed by atoms with Crippen LogP contribution in [0.25, 0.3) is 0 Å². The first-order valence-electron chi connectivity index (χ1n) is 22.1. The zero-order valence-electron chi connectivity index (χ0n) is 35.8. The quantitative estimate of drug-likeness (QED) is 0.0268. The van der Waals surface area contributed by atoms with E-state index in [-0.39, 0.29) is 32.6 Å². The molecule has 0 aliphatic rings. The number of esters is 2. The van der Waals surface area contributed by atoms with Crippen LogP contribution in [0.3, 0.4) is 0 Å². The van der Waals surface area contributed by atoms with E-state index in [0.717, 1.165) is 89.9 Å². The number of unbranched alkanes of at least 4 members (excludes halogenated alkanes) is 13. The number of phosphoric acid groups is 1. The lowest BCUT2D eigenvalue weighted by Crippen LogP contribution is -2.29. The average Bonchev–Trinajstić information content (AvgIpc) is 3.20. The topological polar surface area (TPSA) is 134 Å². The van der Waals surface area contributed by atoms with Gasteiger partial charge in [-0.3, -0.25) is 18.6 Å². The first-order valence-corrected chi connectivity index (χ1v) is 23.6. The van der Waals surface area contributed by atoms with Gasteiger partial charge in [-0.05, 0) is 83.5 Å². The maximum atomic E-state index is 12.6. The number of carbonyl (C=O) groups excluding carboxylic acids is 2. The van der Waals surface area contributed by atoms with Gasteiger partial charge in [-0.1, -0.05) is 157 Å². The lowest BCUT2D eigenvalue weighted by Gasteiger charge is -2.19. The first-order chi connectivity index (χ1) is 27.8. The summed E-state index contributed by atoms with van der Waals surface area (Å²) in [5.74, 6) is -0.875. The molecule has 3 N–H and O–H groups in total. The van der Waals surface area contributed by atoms with Crippen LogP contribution < -0.4 is 5.73 Å². The van der Waals surface area contributed by atoms with Crippen molar-refractivity contribution < 1.29 is 37.6 Å². The van der Waals surface area contributed by atoms with Gasteiger partial charge in [-0.15, -0.1) is 0 Å². The van der Waals surface area contributed by atoms with E-state index >= 15 is 0 Å². The van der Waals surface area contributed by atoms with Crippen LogP contribution in [0.1, 0.15) is 168 Å². The van der Waals surface area contributed by atoms with Crippen molar-refractivity contribution in [1.29, 1.82) is 0 Å². The monoisotopic (exact) mass is 818 g/mol. The molecule has 57 heavy (non-hydrogen) atoms. The average molecular weight is 818 g/mol. The molecule has 0 aromatic heterocycles. The second-order valence-corrected chi connectivity index (χ2v) is 15.6. The Balaban J connectivity index is 4.14. The van der Waals surface area contributed by atoms with Gasteiger partial charge in [0, 0.05) is 19.4 Å². The van der Waals surface area contributed by atoms with E-state index in [1.165, 1.54) is 38.5 Å². The largest absolute Gasteiger partial charge is 0.472 e. The smallest absolute Gasteiger partial charge is 0.462 e. The molecule has 2 atom stereocenters. The highest BCUT2D eigenvalue weighted by atomic mass is 31.2. The summed E-state index contributed by atoms with van der Waals surface area (Å²) in [4.78, 5) is 34.9. The van der Waals surface area contributed by atoms with Gasteiger partial charge >= 0.3 is 19.8 Å². The number of hydrogen-bond acceptors (Lipinski definition) is 8. The van der Waals surface area contributed by atoms with Gasteiger partial charge in [0.15, 0.2) is 6.10 Å². The Kier molecular flexibility index (Phi) is 40.7. The van der Waals surface area contributed by atoms with Gasteiger partial charge in [0.2, 0.25) is 0 Å². The van der Waals surface area contributed by atoms with E-state index in [9.17, 15) is 19.0 Å². The predicted molar refractivity (Wildman–Crippen MR) is 238 cm³/mol. The van der Waals surface area contributed by atoms with E-state index in [2.05, 4.69) is 98.9 Å². The van der Waals surface area contributed by atoms with E-state index in [0.29, 0.717) is 12.8 Å². The lowest BCUT2D eigenvalue weighted by atomic mass is 10.0. The lowest BCUT2D eigenvalue weighted by molar-refractivity contribution is -0.161. The minimum absolute atomic E-state index is 0.0442.